The Morgan fingerprint density at radius 1 is 1.55 bits per heavy atom. The molecule has 0 amide bonds. The SMILES string of the molecule is CCCC1CC1NS(=O)(=O)c1ccc(C(N)=S)cc1Cl. The number of nitrogens with two attached hydrogens (primary N) is 1. The van der Waals surface area contributed by atoms with Crippen LogP contribution in [0.4, 0.5) is 0 Å². The van der Waals surface area contributed by atoms with E-state index in [0.717, 1.165) is 19.3 Å². The lowest BCUT2D eigenvalue weighted by Crippen LogP contribution is -2.27. The number of thiocarbonyl (C=S) groups is 1. The molecule has 1 aromatic rings. The Labute approximate surface area is 129 Å². The maximum atomic E-state index is 12.3. The molecule has 0 aromatic heterocycles. The van der Waals surface area contributed by atoms with E-state index in [1.165, 1.54) is 12.1 Å². The van der Waals surface area contributed by atoms with E-state index in [-0.39, 0.29) is 20.9 Å². The number of rotatable bonds is 6. The third-order valence-electron chi connectivity index (χ3n) is 3.39. The van der Waals surface area contributed by atoms with Crippen LogP contribution in [0.1, 0.15) is 31.7 Å². The molecule has 0 saturated heterocycles. The van der Waals surface area contributed by atoms with Crippen molar-refractivity contribution in [2.75, 3.05) is 0 Å². The highest BCUT2D eigenvalue weighted by molar-refractivity contribution is 7.89. The Morgan fingerprint density at radius 3 is 2.80 bits per heavy atom. The highest BCUT2D eigenvalue weighted by Crippen LogP contribution is 2.36. The molecule has 1 aromatic carbocycles. The summed E-state index contributed by atoms with van der Waals surface area (Å²) in [6, 6.07) is 4.52. The maximum absolute atomic E-state index is 12.3. The van der Waals surface area contributed by atoms with E-state index in [9.17, 15) is 8.42 Å². The predicted octanol–water partition coefficient (Wildman–Crippen LogP) is 2.44. The summed E-state index contributed by atoms with van der Waals surface area (Å²) in [5.41, 5.74) is 6.05. The van der Waals surface area contributed by atoms with Gasteiger partial charge in [0.15, 0.2) is 0 Å². The standard InChI is InChI=1S/C13H17ClN2O2S2/c1-2-3-8-7-11(8)16-20(17,18)12-5-4-9(13(15)19)6-10(12)14/h4-6,8,11,16H,2-3,7H2,1H3,(H2,15,19). The summed E-state index contributed by atoms with van der Waals surface area (Å²) in [7, 11) is -3.59. The van der Waals surface area contributed by atoms with Crippen LogP contribution in [0.5, 0.6) is 0 Å². The van der Waals surface area contributed by atoms with Crippen LogP contribution in [0.3, 0.4) is 0 Å². The average molecular weight is 333 g/mol. The minimum absolute atomic E-state index is 0.0336. The van der Waals surface area contributed by atoms with Crippen molar-refractivity contribution in [1.82, 2.24) is 4.72 Å². The lowest BCUT2D eigenvalue weighted by Gasteiger charge is -2.09. The third kappa shape index (κ3) is 3.49. The number of halogens is 1. The van der Waals surface area contributed by atoms with Gasteiger partial charge in [-0.05, 0) is 30.9 Å². The normalized spacial score (nSPS) is 21.7. The molecule has 4 nitrogen and oxygen atoms in total. The molecule has 0 aliphatic heterocycles. The number of sulfonamides is 1. The van der Waals surface area contributed by atoms with Crippen LogP contribution in [-0.4, -0.2) is 19.4 Å². The highest BCUT2D eigenvalue weighted by Gasteiger charge is 2.39. The lowest BCUT2D eigenvalue weighted by molar-refractivity contribution is 0.573. The minimum Gasteiger partial charge on any atom is -0.389 e. The second-order valence-electron chi connectivity index (χ2n) is 5.02. The predicted molar refractivity (Wildman–Crippen MR) is 84.5 cm³/mol. The minimum atomic E-state index is -3.59. The van der Waals surface area contributed by atoms with Crippen molar-refractivity contribution in [2.45, 2.75) is 37.1 Å². The van der Waals surface area contributed by atoms with Crippen molar-refractivity contribution < 1.29 is 8.42 Å². The fourth-order valence-corrected chi connectivity index (χ4v) is 4.21. The van der Waals surface area contributed by atoms with Gasteiger partial charge in [0.2, 0.25) is 10.0 Å². The van der Waals surface area contributed by atoms with Crippen molar-refractivity contribution in [3.63, 3.8) is 0 Å². The first-order valence-corrected chi connectivity index (χ1v) is 8.73. The molecule has 0 bridgehead atoms. The largest absolute Gasteiger partial charge is 0.389 e. The van der Waals surface area contributed by atoms with Gasteiger partial charge in [-0.3, -0.25) is 0 Å². The van der Waals surface area contributed by atoms with Crippen molar-refractivity contribution >= 4 is 38.8 Å². The Hall–Kier alpha value is -0.690. The zero-order chi connectivity index (χ0) is 14.9. The van der Waals surface area contributed by atoms with Crippen LogP contribution >= 0.6 is 23.8 Å². The van der Waals surface area contributed by atoms with E-state index in [1.807, 2.05) is 0 Å². The smallest absolute Gasteiger partial charge is 0.242 e. The van der Waals surface area contributed by atoms with Gasteiger partial charge < -0.3 is 5.73 Å². The zero-order valence-corrected chi connectivity index (χ0v) is 13.5. The second kappa shape index (κ2) is 5.97. The second-order valence-corrected chi connectivity index (χ2v) is 7.55. The zero-order valence-electron chi connectivity index (χ0n) is 11.1. The van der Waals surface area contributed by atoms with Gasteiger partial charge in [0.25, 0.3) is 0 Å². The molecule has 1 aliphatic carbocycles. The number of hydrogen-bond acceptors (Lipinski definition) is 3. The molecule has 2 unspecified atom stereocenters. The molecule has 1 aliphatic rings. The summed E-state index contributed by atoms with van der Waals surface area (Å²) in [4.78, 5) is 0.260. The topological polar surface area (TPSA) is 72.2 Å². The third-order valence-corrected chi connectivity index (χ3v) is 5.60. The quantitative estimate of drug-likeness (QED) is 0.785. The molecule has 0 radical (unpaired) electrons. The number of nitrogens with one attached hydrogen (secondary N) is 1. The first-order valence-electron chi connectivity index (χ1n) is 6.47. The van der Waals surface area contributed by atoms with Crippen molar-refractivity contribution in [3.8, 4) is 0 Å². The van der Waals surface area contributed by atoms with Gasteiger partial charge in [0.05, 0.1) is 5.02 Å². The molecular formula is C13H17ClN2O2S2. The number of hydrogen-bond donors (Lipinski definition) is 2. The molecule has 7 heteroatoms. The molecule has 2 atom stereocenters. The van der Waals surface area contributed by atoms with E-state index in [2.05, 4.69) is 11.6 Å². The molecule has 2 rings (SSSR count). The van der Waals surface area contributed by atoms with Gasteiger partial charge in [-0.15, -0.1) is 0 Å². The van der Waals surface area contributed by atoms with Crippen molar-refractivity contribution in [1.29, 1.82) is 0 Å². The Kier molecular flexibility index (Phi) is 4.69. The van der Waals surface area contributed by atoms with Gasteiger partial charge >= 0.3 is 0 Å². The van der Waals surface area contributed by atoms with Gasteiger partial charge in [-0.2, -0.15) is 0 Å². The Balaban J connectivity index is 2.16. The molecule has 0 heterocycles. The lowest BCUT2D eigenvalue weighted by atomic mass is 10.2. The van der Waals surface area contributed by atoms with Crippen LogP contribution < -0.4 is 10.5 Å². The summed E-state index contributed by atoms with van der Waals surface area (Å²) in [6.07, 6.45) is 3.00. The highest BCUT2D eigenvalue weighted by atomic mass is 35.5. The van der Waals surface area contributed by atoms with Crippen LogP contribution in [0.25, 0.3) is 0 Å². The fraction of sp³-hybridized carbons (Fsp3) is 0.462. The molecular weight excluding hydrogens is 316 g/mol. The molecule has 3 N–H and O–H groups in total. The Bertz CT molecular complexity index is 631. The first-order chi connectivity index (χ1) is 9.35. The van der Waals surface area contributed by atoms with Gasteiger partial charge in [0, 0.05) is 11.6 Å². The average Bonchev–Trinajstić information content (AvgIpc) is 3.06. The maximum Gasteiger partial charge on any atom is 0.242 e. The molecule has 1 saturated carbocycles. The number of benzene rings is 1. The van der Waals surface area contributed by atoms with Crippen molar-refractivity contribution in [2.24, 2.45) is 11.7 Å². The molecule has 20 heavy (non-hydrogen) atoms. The van der Waals surface area contributed by atoms with E-state index < -0.39 is 10.0 Å². The van der Waals surface area contributed by atoms with Crippen LogP contribution in [0.15, 0.2) is 23.1 Å². The summed E-state index contributed by atoms with van der Waals surface area (Å²) in [5.74, 6) is 0.449. The van der Waals surface area contributed by atoms with Crippen LogP contribution in [0.2, 0.25) is 5.02 Å². The summed E-state index contributed by atoms with van der Waals surface area (Å²) in [5, 5.41) is 0.135. The molecule has 1 fully saturated rings. The van der Waals surface area contributed by atoms with E-state index >= 15 is 0 Å². The molecule has 0 spiro atoms. The fourth-order valence-electron chi connectivity index (χ4n) is 2.22. The summed E-state index contributed by atoms with van der Waals surface area (Å²) in [6.45, 7) is 2.09. The van der Waals surface area contributed by atoms with Gasteiger partial charge in [-0.1, -0.05) is 43.2 Å². The van der Waals surface area contributed by atoms with E-state index in [1.54, 1.807) is 6.07 Å². The van der Waals surface area contributed by atoms with Gasteiger partial charge in [0.1, 0.15) is 9.88 Å². The monoisotopic (exact) mass is 332 g/mol. The van der Waals surface area contributed by atoms with Crippen LogP contribution in [-0.2, 0) is 10.0 Å². The van der Waals surface area contributed by atoms with Crippen molar-refractivity contribution in [3.05, 3.63) is 28.8 Å². The van der Waals surface area contributed by atoms with Gasteiger partial charge in [-0.25, -0.2) is 13.1 Å². The van der Waals surface area contributed by atoms with E-state index in [0.29, 0.717) is 11.5 Å². The Morgan fingerprint density at radius 2 is 2.25 bits per heavy atom. The first kappa shape index (κ1) is 15.7. The van der Waals surface area contributed by atoms with Crippen LogP contribution in [0, 0.1) is 5.92 Å². The molecule has 110 valence electrons. The summed E-state index contributed by atoms with van der Waals surface area (Å²) < 4.78 is 27.2. The van der Waals surface area contributed by atoms with E-state index in [4.69, 9.17) is 29.6 Å². The summed E-state index contributed by atoms with van der Waals surface area (Å²) >= 11 is 10.9.